The van der Waals surface area contributed by atoms with E-state index in [2.05, 4.69) is 10.4 Å². The average Bonchev–Trinajstić information content (AvgIpc) is 2.80. The van der Waals surface area contributed by atoms with Gasteiger partial charge in [-0.15, -0.1) is 5.10 Å². The molecule has 3 aromatic rings. The molecule has 0 saturated heterocycles. The lowest BCUT2D eigenvalue weighted by molar-refractivity contribution is 0.610. The van der Waals surface area contributed by atoms with Crippen LogP contribution in [0.15, 0.2) is 47.4 Å². The van der Waals surface area contributed by atoms with E-state index in [0.29, 0.717) is 30.0 Å². The van der Waals surface area contributed by atoms with Gasteiger partial charge in [-0.1, -0.05) is 12.1 Å². The van der Waals surface area contributed by atoms with Crippen molar-refractivity contribution in [1.82, 2.24) is 14.2 Å². The first-order valence-electron chi connectivity index (χ1n) is 6.69. The molecule has 21 heavy (non-hydrogen) atoms. The van der Waals surface area contributed by atoms with E-state index in [1.165, 1.54) is 15.1 Å². The Morgan fingerprint density at radius 2 is 2.14 bits per heavy atom. The quantitative estimate of drug-likeness (QED) is 0.798. The van der Waals surface area contributed by atoms with E-state index in [0.717, 1.165) is 0 Å². The van der Waals surface area contributed by atoms with Crippen molar-refractivity contribution in [3.63, 3.8) is 0 Å². The molecular formula is C15H15FN4O. The fourth-order valence-electron chi connectivity index (χ4n) is 2.12. The Labute approximate surface area is 120 Å². The monoisotopic (exact) mass is 286 g/mol. The number of hydrogen-bond donors (Lipinski definition) is 1. The van der Waals surface area contributed by atoms with Gasteiger partial charge in [0, 0.05) is 18.4 Å². The zero-order valence-electron chi connectivity index (χ0n) is 11.6. The van der Waals surface area contributed by atoms with E-state index in [4.69, 9.17) is 0 Å². The molecule has 0 atom stereocenters. The lowest BCUT2D eigenvalue weighted by Gasteiger charge is -2.06. The summed E-state index contributed by atoms with van der Waals surface area (Å²) in [6.07, 6.45) is 1.68. The standard InChI is InChI=1S/C15H15FN4O/c1-11-5-6-12(10-13(11)16)17-7-9-20-15(21)19-8-3-2-4-14(19)18-20/h2-6,8,10,17H,7,9H2,1H3. The van der Waals surface area contributed by atoms with Gasteiger partial charge in [-0.05, 0) is 36.8 Å². The van der Waals surface area contributed by atoms with Crippen molar-refractivity contribution in [2.45, 2.75) is 13.5 Å². The number of anilines is 1. The SMILES string of the molecule is Cc1ccc(NCCn2nc3ccccn3c2=O)cc1F. The van der Waals surface area contributed by atoms with Crippen molar-refractivity contribution >= 4 is 11.3 Å². The number of hydrogen-bond acceptors (Lipinski definition) is 3. The Morgan fingerprint density at radius 3 is 2.90 bits per heavy atom. The topological polar surface area (TPSA) is 51.3 Å². The van der Waals surface area contributed by atoms with Crippen molar-refractivity contribution in [3.8, 4) is 0 Å². The minimum atomic E-state index is -0.245. The second-order valence-electron chi connectivity index (χ2n) is 4.83. The van der Waals surface area contributed by atoms with Crippen molar-refractivity contribution in [2.24, 2.45) is 0 Å². The molecule has 0 fully saturated rings. The second kappa shape index (κ2) is 5.40. The summed E-state index contributed by atoms with van der Waals surface area (Å²) in [4.78, 5) is 12.0. The molecule has 0 radical (unpaired) electrons. The summed E-state index contributed by atoms with van der Waals surface area (Å²) in [5, 5.41) is 7.31. The smallest absolute Gasteiger partial charge is 0.350 e. The van der Waals surface area contributed by atoms with Crippen LogP contribution >= 0.6 is 0 Å². The number of nitrogens with one attached hydrogen (secondary N) is 1. The Morgan fingerprint density at radius 1 is 1.29 bits per heavy atom. The Bertz CT molecular complexity index is 837. The summed E-state index contributed by atoms with van der Waals surface area (Å²) < 4.78 is 16.3. The van der Waals surface area contributed by atoms with Gasteiger partial charge in [-0.2, -0.15) is 0 Å². The van der Waals surface area contributed by atoms with Crippen LogP contribution in [-0.4, -0.2) is 20.7 Å². The van der Waals surface area contributed by atoms with Gasteiger partial charge in [0.1, 0.15) is 5.82 Å². The van der Waals surface area contributed by atoms with Gasteiger partial charge in [0.2, 0.25) is 0 Å². The van der Waals surface area contributed by atoms with Gasteiger partial charge in [-0.3, -0.25) is 4.40 Å². The predicted molar refractivity (Wildman–Crippen MR) is 79.1 cm³/mol. The van der Waals surface area contributed by atoms with Crippen molar-refractivity contribution in [1.29, 1.82) is 0 Å². The summed E-state index contributed by atoms with van der Waals surface area (Å²) in [6, 6.07) is 10.4. The molecule has 0 bridgehead atoms. The van der Waals surface area contributed by atoms with Gasteiger partial charge >= 0.3 is 5.69 Å². The number of fused-ring (bicyclic) bond motifs is 1. The van der Waals surface area contributed by atoms with Gasteiger partial charge in [0.25, 0.3) is 0 Å². The van der Waals surface area contributed by atoms with E-state index in [9.17, 15) is 9.18 Å². The summed E-state index contributed by atoms with van der Waals surface area (Å²) in [5.41, 5.74) is 1.73. The zero-order chi connectivity index (χ0) is 14.8. The molecule has 0 aliphatic rings. The molecule has 2 heterocycles. The van der Waals surface area contributed by atoms with Crippen LogP contribution in [0.25, 0.3) is 5.65 Å². The molecule has 0 unspecified atom stereocenters. The van der Waals surface area contributed by atoms with Gasteiger partial charge < -0.3 is 5.32 Å². The Hall–Kier alpha value is -2.63. The number of aryl methyl sites for hydroxylation is 1. The normalized spacial score (nSPS) is 11.0. The molecule has 1 aromatic carbocycles. The first kappa shape index (κ1) is 13.4. The third-order valence-corrected chi connectivity index (χ3v) is 3.31. The van der Waals surface area contributed by atoms with E-state index < -0.39 is 0 Å². The van der Waals surface area contributed by atoms with Crippen molar-refractivity contribution < 1.29 is 4.39 Å². The number of rotatable bonds is 4. The minimum Gasteiger partial charge on any atom is -0.383 e. The van der Waals surface area contributed by atoms with Crippen molar-refractivity contribution in [3.05, 3.63) is 64.5 Å². The molecule has 0 aliphatic carbocycles. The molecule has 6 heteroatoms. The number of pyridine rings is 1. The molecular weight excluding hydrogens is 271 g/mol. The molecule has 0 spiro atoms. The van der Waals surface area contributed by atoms with Gasteiger partial charge in [0.15, 0.2) is 5.65 Å². The molecule has 5 nitrogen and oxygen atoms in total. The lowest BCUT2D eigenvalue weighted by Crippen LogP contribution is -2.24. The molecule has 0 amide bonds. The highest BCUT2D eigenvalue weighted by molar-refractivity contribution is 5.45. The molecule has 3 rings (SSSR count). The maximum absolute atomic E-state index is 13.4. The van der Waals surface area contributed by atoms with Crippen LogP contribution in [0.4, 0.5) is 10.1 Å². The van der Waals surface area contributed by atoms with Crippen LogP contribution in [-0.2, 0) is 6.54 Å². The highest BCUT2D eigenvalue weighted by atomic mass is 19.1. The van der Waals surface area contributed by atoms with E-state index in [-0.39, 0.29) is 11.5 Å². The van der Waals surface area contributed by atoms with Gasteiger partial charge in [-0.25, -0.2) is 13.9 Å². The second-order valence-corrected chi connectivity index (χ2v) is 4.83. The molecule has 2 aromatic heterocycles. The molecule has 108 valence electrons. The van der Waals surface area contributed by atoms with Crippen LogP contribution in [0, 0.1) is 12.7 Å². The summed E-state index contributed by atoms with van der Waals surface area (Å²) in [7, 11) is 0. The highest BCUT2D eigenvalue weighted by Gasteiger charge is 2.05. The molecule has 0 saturated carbocycles. The fourth-order valence-corrected chi connectivity index (χ4v) is 2.12. The Balaban J connectivity index is 1.70. The minimum absolute atomic E-state index is 0.178. The van der Waals surface area contributed by atoms with Crippen LogP contribution in [0.1, 0.15) is 5.56 Å². The number of benzene rings is 1. The molecule has 0 aliphatic heterocycles. The van der Waals surface area contributed by atoms with E-state index >= 15 is 0 Å². The van der Waals surface area contributed by atoms with Crippen LogP contribution in [0.2, 0.25) is 0 Å². The number of halogens is 1. The van der Waals surface area contributed by atoms with Crippen LogP contribution in [0.5, 0.6) is 0 Å². The summed E-state index contributed by atoms with van der Waals surface area (Å²) in [5.74, 6) is -0.245. The number of aromatic nitrogens is 3. The maximum Gasteiger partial charge on any atom is 0.350 e. The third kappa shape index (κ3) is 2.65. The zero-order valence-corrected chi connectivity index (χ0v) is 11.6. The first-order valence-corrected chi connectivity index (χ1v) is 6.69. The summed E-state index contributed by atoms with van der Waals surface area (Å²) >= 11 is 0. The van der Waals surface area contributed by atoms with E-state index in [1.807, 2.05) is 12.1 Å². The van der Waals surface area contributed by atoms with Crippen LogP contribution in [0.3, 0.4) is 0 Å². The molecule has 1 N–H and O–H groups in total. The lowest BCUT2D eigenvalue weighted by atomic mass is 10.2. The first-order chi connectivity index (χ1) is 10.1. The largest absolute Gasteiger partial charge is 0.383 e. The van der Waals surface area contributed by atoms with Crippen molar-refractivity contribution in [2.75, 3.05) is 11.9 Å². The third-order valence-electron chi connectivity index (χ3n) is 3.31. The summed E-state index contributed by atoms with van der Waals surface area (Å²) in [6.45, 7) is 2.62. The maximum atomic E-state index is 13.4. The van der Waals surface area contributed by atoms with Gasteiger partial charge in [0.05, 0.1) is 6.54 Å². The predicted octanol–water partition coefficient (Wildman–Crippen LogP) is 2.06. The van der Waals surface area contributed by atoms with Crippen LogP contribution < -0.4 is 11.0 Å². The highest BCUT2D eigenvalue weighted by Crippen LogP contribution is 2.13. The average molecular weight is 286 g/mol. The Kier molecular flexibility index (Phi) is 3.43. The number of nitrogens with zero attached hydrogens (tertiary/aromatic N) is 3. The fraction of sp³-hybridized carbons (Fsp3) is 0.200. The van der Waals surface area contributed by atoms with E-state index in [1.54, 1.807) is 31.3 Å².